The molecule has 26 heavy (non-hydrogen) atoms. The van der Waals surface area contributed by atoms with Crippen molar-refractivity contribution >= 4 is 29.9 Å². The highest BCUT2D eigenvalue weighted by Crippen LogP contribution is 2.27. The maximum absolute atomic E-state index is 5.41. The van der Waals surface area contributed by atoms with E-state index in [1.165, 1.54) is 6.42 Å². The third-order valence-electron chi connectivity index (χ3n) is 5.24. The molecular formula is C18H33IN6O. The maximum Gasteiger partial charge on any atom is 0.194 e. The molecule has 8 heteroatoms. The van der Waals surface area contributed by atoms with Gasteiger partial charge in [0.25, 0.3) is 0 Å². The summed E-state index contributed by atoms with van der Waals surface area (Å²) < 4.78 is 7.66. The average Bonchev–Trinajstić information content (AvgIpc) is 3.17. The third-order valence-corrected chi connectivity index (χ3v) is 5.24. The van der Waals surface area contributed by atoms with Crippen molar-refractivity contribution in [2.24, 2.45) is 10.9 Å². The largest absolute Gasteiger partial charge is 0.379 e. The van der Waals surface area contributed by atoms with Crippen LogP contribution in [0.2, 0.25) is 0 Å². The monoisotopic (exact) mass is 476 g/mol. The first kappa shape index (κ1) is 21.4. The van der Waals surface area contributed by atoms with Crippen LogP contribution < -0.4 is 5.32 Å². The van der Waals surface area contributed by atoms with E-state index in [1.807, 2.05) is 12.5 Å². The number of ether oxygens (including phenoxy) is 1. The van der Waals surface area contributed by atoms with Crippen LogP contribution in [-0.2, 0) is 4.74 Å². The Labute approximate surface area is 174 Å². The maximum atomic E-state index is 5.41. The van der Waals surface area contributed by atoms with Crippen LogP contribution in [0.5, 0.6) is 0 Å². The van der Waals surface area contributed by atoms with Gasteiger partial charge in [-0.25, -0.2) is 4.98 Å². The number of likely N-dealkylation sites (tertiary alicyclic amines) is 1. The molecule has 2 aliphatic heterocycles. The minimum Gasteiger partial charge on any atom is -0.379 e. The number of piperidine rings is 1. The van der Waals surface area contributed by atoms with Gasteiger partial charge in [0, 0.05) is 51.7 Å². The topological polar surface area (TPSA) is 57.9 Å². The summed E-state index contributed by atoms with van der Waals surface area (Å²) >= 11 is 0. The van der Waals surface area contributed by atoms with E-state index in [0.717, 1.165) is 65.0 Å². The number of morpholine rings is 1. The lowest BCUT2D eigenvalue weighted by molar-refractivity contribution is 0.0394. The summed E-state index contributed by atoms with van der Waals surface area (Å²) in [6, 6.07) is 0.458. The van der Waals surface area contributed by atoms with Crippen LogP contribution in [0.4, 0.5) is 0 Å². The van der Waals surface area contributed by atoms with Crippen LogP contribution in [0, 0.1) is 5.92 Å². The van der Waals surface area contributed by atoms with Gasteiger partial charge in [-0.2, -0.15) is 0 Å². The minimum absolute atomic E-state index is 0. The van der Waals surface area contributed by atoms with Gasteiger partial charge < -0.3 is 19.5 Å². The number of guanidine groups is 1. The molecule has 2 unspecified atom stereocenters. The Morgan fingerprint density at radius 3 is 2.81 bits per heavy atom. The number of aliphatic imine (C=N–C) groups is 1. The highest BCUT2D eigenvalue weighted by Gasteiger charge is 2.28. The van der Waals surface area contributed by atoms with Gasteiger partial charge in [-0.15, -0.1) is 24.0 Å². The molecule has 0 spiro atoms. The SMILES string of the molecule is CCNC(=NCCN1CCOCC1)N1CCC(C)C(n2ccnc2)C1.I. The standard InChI is InChI=1S/C18H32N6O.HI/c1-3-20-18(21-6-8-22-10-12-25-13-11-22)23-7-4-16(2)17(14-23)24-9-5-19-15-24;/h5,9,15-17H,3-4,6-8,10-14H2,1-2H3,(H,20,21);1H. The van der Waals surface area contributed by atoms with Crippen LogP contribution in [0.1, 0.15) is 26.3 Å². The summed E-state index contributed by atoms with van der Waals surface area (Å²) in [7, 11) is 0. The van der Waals surface area contributed by atoms with E-state index in [0.29, 0.717) is 12.0 Å². The Morgan fingerprint density at radius 1 is 1.31 bits per heavy atom. The number of hydrogen-bond donors (Lipinski definition) is 1. The molecule has 2 saturated heterocycles. The molecule has 1 N–H and O–H groups in total. The van der Waals surface area contributed by atoms with Gasteiger partial charge >= 0.3 is 0 Å². The van der Waals surface area contributed by atoms with E-state index in [4.69, 9.17) is 9.73 Å². The molecule has 1 aromatic heterocycles. The van der Waals surface area contributed by atoms with E-state index in [-0.39, 0.29) is 24.0 Å². The Bertz CT molecular complexity index is 532. The predicted octanol–water partition coefficient (Wildman–Crippen LogP) is 1.68. The Hall–Kier alpha value is -0.870. The van der Waals surface area contributed by atoms with Crippen LogP contribution in [-0.4, -0.2) is 84.3 Å². The zero-order valence-electron chi connectivity index (χ0n) is 16.0. The fourth-order valence-electron chi connectivity index (χ4n) is 3.64. The molecule has 0 amide bonds. The Balaban J connectivity index is 0.00000243. The molecule has 148 valence electrons. The smallest absolute Gasteiger partial charge is 0.194 e. The fraction of sp³-hybridized carbons (Fsp3) is 0.778. The van der Waals surface area contributed by atoms with Crippen molar-refractivity contribution < 1.29 is 4.74 Å². The number of imidazole rings is 1. The lowest BCUT2D eigenvalue weighted by Crippen LogP contribution is -2.49. The zero-order valence-corrected chi connectivity index (χ0v) is 18.3. The molecule has 3 heterocycles. The molecule has 2 fully saturated rings. The first-order valence-corrected chi connectivity index (χ1v) is 9.58. The molecule has 0 aliphatic carbocycles. The summed E-state index contributed by atoms with van der Waals surface area (Å²) in [6.07, 6.45) is 7.06. The van der Waals surface area contributed by atoms with Crippen molar-refractivity contribution in [2.75, 3.05) is 59.0 Å². The van der Waals surface area contributed by atoms with Crippen LogP contribution in [0.3, 0.4) is 0 Å². The summed E-state index contributed by atoms with van der Waals surface area (Å²) in [5.41, 5.74) is 0. The van der Waals surface area contributed by atoms with Crippen molar-refractivity contribution in [2.45, 2.75) is 26.3 Å². The first-order valence-electron chi connectivity index (χ1n) is 9.58. The van der Waals surface area contributed by atoms with Crippen LogP contribution in [0.15, 0.2) is 23.7 Å². The molecule has 2 atom stereocenters. The van der Waals surface area contributed by atoms with Gasteiger partial charge in [0.05, 0.1) is 32.1 Å². The molecule has 7 nitrogen and oxygen atoms in total. The van der Waals surface area contributed by atoms with Gasteiger partial charge in [0.1, 0.15) is 0 Å². The second kappa shape index (κ2) is 11.1. The van der Waals surface area contributed by atoms with Gasteiger partial charge in [-0.1, -0.05) is 6.92 Å². The summed E-state index contributed by atoms with van der Waals surface area (Å²) in [5, 5.41) is 3.48. The Morgan fingerprint density at radius 2 is 2.12 bits per heavy atom. The number of aromatic nitrogens is 2. The van der Waals surface area contributed by atoms with E-state index in [1.54, 1.807) is 0 Å². The quantitative estimate of drug-likeness (QED) is 0.398. The highest BCUT2D eigenvalue weighted by molar-refractivity contribution is 14.0. The lowest BCUT2D eigenvalue weighted by atomic mass is 9.93. The van der Waals surface area contributed by atoms with Crippen LogP contribution >= 0.6 is 24.0 Å². The molecule has 0 radical (unpaired) electrons. The normalized spacial score (nSPS) is 25.0. The first-order chi connectivity index (χ1) is 12.3. The van der Waals surface area contributed by atoms with Crippen molar-refractivity contribution in [1.82, 2.24) is 24.7 Å². The average molecular weight is 476 g/mol. The van der Waals surface area contributed by atoms with Gasteiger partial charge in [-0.05, 0) is 19.3 Å². The molecule has 3 rings (SSSR count). The summed E-state index contributed by atoms with van der Waals surface area (Å²) in [4.78, 5) is 14.0. The molecule has 0 bridgehead atoms. The van der Waals surface area contributed by atoms with E-state index < -0.39 is 0 Å². The minimum atomic E-state index is 0. The molecular weight excluding hydrogens is 443 g/mol. The second-order valence-corrected chi connectivity index (χ2v) is 6.98. The Kier molecular flexibility index (Phi) is 9.13. The highest BCUT2D eigenvalue weighted by atomic mass is 127. The van der Waals surface area contributed by atoms with E-state index in [9.17, 15) is 0 Å². The third kappa shape index (κ3) is 5.82. The van der Waals surface area contributed by atoms with Crippen molar-refractivity contribution in [3.63, 3.8) is 0 Å². The number of rotatable bonds is 5. The predicted molar refractivity (Wildman–Crippen MR) is 115 cm³/mol. The van der Waals surface area contributed by atoms with Crippen molar-refractivity contribution in [3.8, 4) is 0 Å². The zero-order chi connectivity index (χ0) is 17.5. The lowest BCUT2D eigenvalue weighted by Gasteiger charge is -2.39. The molecule has 1 aromatic rings. The van der Waals surface area contributed by atoms with E-state index >= 15 is 0 Å². The molecule has 0 saturated carbocycles. The number of nitrogens with zero attached hydrogens (tertiary/aromatic N) is 5. The fourth-order valence-corrected chi connectivity index (χ4v) is 3.64. The summed E-state index contributed by atoms with van der Waals surface area (Å²) in [5.74, 6) is 1.70. The number of halogens is 1. The molecule has 0 aromatic carbocycles. The van der Waals surface area contributed by atoms with E-state index in [2.05, 4.69) is 44.7 Å². The van der Waals surface area contributed by atoms with Gasteiger partial charge in [-0.3, -0.25) is 9.89 Å². The summed E-state index contributed by atoms with van der Waals surface area (Å²) in [6.45, 7) is 13.0. The van der Waals surface area contributed by atoms with Crippen molar-refractivity contribution in [3.05, 3.63) is 18.7 Å². The van der Waals surface area contributed by atoms with Gasteiger partial charge in [0.15, 0.2) is 5.96 Å². The second-order valence-electron chi connectivity index (χ2n) is 6.98. The number of nitrogens with one attached hydrogen (secondary N) is 1. The molecule has 2 aliphatic rings. The van der Waals surface area contributed by atoms with Crippen LogP contribution in [0.25, 0.3) is 0 Å². The van der Waals surface area contributed by atoms with Crippen molar-refractivity contribution in [1.29, 1.82) is 0 Å². The number of hydrogen-bond acceptors (Lipinski definition) is 4. The van der Waals surface area contributed by atoms with Gasteiger partial charge in [0.2, 0.25) is 0 Å².